The van der Waals surface area contributed by atoms with Crippen LogP contribution in [0.1, 0.15) is 49.3 Å². The number of fused-ring (bicyclic) bond motifs is 2. The monoisotopic (exact) mass is 602 g/mol. The molecule has 0 N–H and O–H groups in total. The van der Waals surface area contributed by atoms with Gasteiger partial charge < -0.3 is 9.80 Å². The molecule has 0 unspecified atom stereocenters. The number of rotatable bonds is 7. The summed E-state index contributed by atoms with van der Waals surface area (Å²) in [6, 6.07) is 9.32. The van der Waals surface area contributed by atoms with Gasteiger partial charge in [0, 0.05) is 23.9 Å². The van der Waals surface area contributed by atoms with Crippen LogP contribution in [0.2, 0.25) is 0 Å². The molecular formula is C30H33F3N4O4S. The second-order valence-corrected chi connectivity index (χ2v) is 13.6. The number of aromatic nitrogens is 1. The number of anilines is 2. The number of sulfone groups is 1. The fourth-order valence-electron chi connectivity index (χ4n) is 5.45. The van der Waals surface area contributed by atoms with E-state index in [0.29, 0.717) is 0 Å². The molecule has 12 heteroatoms. The quantitative estimate of drug-likeness (QED) is 0.387. The fourth-order valence-corrected chi connectivity index (χ4v) is 6.06. The number of amides is 2. The first kappa shape index (κ1) is 30.0. The Hall–Kier alpha value is -3.51. The Labute approximate surface area is 243 Å². The zero-order valence-electron chi connectivity index (χ0n) is 23.9. The van der Waals surface area contributed by atoms with Crippen molar-refractivity contribution in [1.82, 2.24) is 9.88 Å². The number of hydrogen-bond acceptors (Lipinski definition) is 6. The van der Waals surface area contributed by atoms with Crippen LogP contribution < -0.4 is 9.80 Å². The number of para-hydroxylation sites is 1. The standard InChI is InChI=1S/C30H33F3N4O4S/c1-18(2)35(3)27-16-36(28(38)17-42(4,40)41)26-13-20(30(31,32)33)11-12-25(26)37(29(27)39)15-23-21-7-5-6-8-24(21)34-14-22(23)19-9-10-19/h5-8,11-14,18-19,27H,9-10,15-17H2,1-4H3/t27-/m0/s1. The zero-order valence-corrected chi connectivity index (χ0v) is 24.7. The largest absolute Gasteiger partial charge is 0.416 e. The second-order valence-electron chi connectivity index (χ2n) is 11.5. The van der Waals surface area contributed by atoms with Gasteiger partial charge >= 0.3 is 6.18 Å². The van der Waals surface area contributed by atoms with Crippen LogP contribution in [0.25, 0.3) is 10.9 Å². The predicted molar refractivity (Wildman–Crippen MR) is 155 cm³/mol. The minimum absolute atomic E-state index is 0.0443. The molecule has 1 aromatic heterocycles. The second kappa shape index (κ2) is 11.0. The lowest BCUT2D eigenvalue weighted by Gasteiger charge is -2.34. The molecule has 224 valence electrons. The minimum Gasteiger partial charge on any atom is -0.307 e. The molecule has 1 saturated carbocycles. The van der Waals surface area contributed by atoms with Gasteiger partial charge in [-0.15, -0.1) is 0 Å². The van der Waals surface area contributed by atoms with E-state index in [4.69, 9.17) is 0 Å². The normalized spacial score (nSPS) is 18.1. The van der Waals surface area contributed by atoms with Crippen molar-refractivity contribution < 1.29 is 31.2 Å². The molecule has 2 heterocycles. The van der Waals surface area contributed by atoms with Crippen LogP contribution in [0, 0.1) is 0 Å². The van der Waals surface area contributed by atoms with Gasteiger partial charge in [-0.05, 0) is 75.0 Å². The van der Waals surface area contributed by atoms with E-state index >= 15 is 0 Å². The molecule has 2 amide bonds. The molecule has 3 aromatic rings. The summed E-state index contributed by atoms with van der Waals surface area (Å²) in [5, 5.41) is 0.839. The molecule has 0 saturated heterocycles. The van der Waals surface area contributed by atoms with Crippen molar-refractivity contribution in [2.45, 2.75) is 57.4 Å². The van der Waals surface area contributed by atoms with Crippen LogP contribution in [0.5, 0.6) is 0 Å². The Morgan fingerprint density at radius 3 is 2.43 bits per heavy atom. The molecule has 1 aliphatic heterocycles. The lowest BCUT2D eigenvalue weighted by molar-refractivity contribution is -0.137. The highest BCUT2D eigenvalue weighted by Crippen LogP contribution is 2.45. The summed E-state index contributed by atoms with van der Waals surface area (Å²) in [6.45, 7) is 3.46. The van der Waals surface area contributed by atoms with Crippen LogP contribution in [0.15, 0.2) is 48.7 Å². The Bertz CT molecular complexity index is 1650. The lowest BCUT2D eigenvalue weighted by atomic mass is 9.99. The highest BCUT2D eigenvalue weighted by Gasteiger charge is 2.42. The first-order chi connectivity index (χ1) is 19.7. The number of carbonyl (C=O) groups is 2. The van der Waals surface area contributed by atoms with Gasteiger partial charge in [-0.25, -0.2) is 8.42 Å². The number of benzene rings is 2. The van der Waals surface area contributed by atoms with E-state index in [1.165, 1.54) is 11.0 Å². The number of alkyl halides is 3. The van der Waals surface area contributed by atoms with Crippen molar-refractivity contribution in [3.05, 3.63) is 65.4 Å². The van der Waals surface area contributed by atoms with Gasteiger partial charge in [0.15, 0.2) is 9.84 Å². The van der Waals surface area contributed by atoms with Crippen molar-refractivity contribution in [1.29, 1.82) is 0 Å². The molecule has 2 aliphatic rings. The summed E-state index contributed by atoms with van der Waals surface area (Å²) in [6.07, 6.45) is -0.0852. The molecule has 8 nitrogen and oxygen atoms in total. The highest BCUT2D eigenvalue weighted by molar-refractivity contribution is 7.91. The molecule has 1 aliphatic carbocycles. The van der Waals surface area contributed by atoms with Crippen LogP contribution >= 0.6 is 0 Å². The van der Waals surface area contributed by atoms with E-state index in [-0.39, 0.29) is 36.4 Å². The van der Waals surface area contributed by atoms with Crippen LogP contribution in [0.3, 0.4) is 0 Å². The van der Waals surface area contributed by atoms with Crippen LogP contribution in [-0.2, 0) is 32.1 Å². The number of pyridine rings is 1. The number of nitrogens with zero attached hydrogens (tertiary/aromatic N) is 4. The number of likely N-dealkylation sites (N-methyl/N-ethyl adjacent to an activating group) is 1. The van der Waals surface area contributed by atoms with Gasteiger partial charge in [-0.1, -0.05) is 18.2 Å². The van der Waals surface area contributed by atoms with Gasteiger partial charge in [0.1, 0.15) is 11.8 Å². The third kappa shape index (κ3) is 6.00. The molecule has 1 atom stereocenters. The van der Waals surface area contributed by atoms with E-state index in [0.717, 1.165) is 58.2 Å². The zero-order chi connectivity index (χ0) is 30.6. The minimum atomic E-state index is -4.73. The summed E-state index contributed by atoms with van der Waals surface area (Å²) >= 11 is 0. The maximum atomic E-state index is 14.4. The third-order valence-electron chi connectivity index (χ3n) is 8.04. The molecule has 2 aromatic carbocycles. The summed E-state index contributed by atoms with van der Waals surface area (Å²) in [5.41, 5.74) is 1.51. The Kier molecular flexibility index (Phi) is 7.82. The Morgan fingerprint density at radius 2 is 1.81 bits per heavy atom. The average molecular weight is 603 g/mol. The van der Waals surface area contributed by atoms with E-state index in [1.807, 2.05) is 44.3 Å². The van der Waals surface area contributed by atoms with Gasteiger partial charge in [-0.3, -0.25) is 19.5 Å². The van der Waals surface area contributed by atoms with Gasteiger partial charge in [0.2, 0.25) is 11.8 Å². The molecule has 0 bridgehead atoms. The third-order valence-corrected chi connectivity index (χ3v) is 8.81. The smallest absolute Gasteiger partial charge is 0.307 e. The first-order valence-corrected chi connectivity index (χ1v) is 15.8. The summed E-state index contributed by atoms with van der Waals surface area (Å²) < 4.78 is 66.0. The number of carbonyl (C=O) groups excluding carboxylic acids is 2. The van der Waals surface area contributed by atoms with Gasteiger partial charge in [0.25, 0.3) is 0 Å². The van der Waals surface area contributed by atoms with Crippen LogP contribution in [-0.4, -0.2) is 67.8 Å². The van der Waals surface area contributed by atoms with Crippen LogP contribution in [0.4, 0.5) is 24.5 Å². The fraction of sp³-hybridized carbons (Fsp3) is 0.433. The first-order valence-electron chi connectivity index (χ1n) is 13.7. The van der Waals surface area contributed by atoms with Crippen molar-refractivity contribution in [2.75, 3.05) is 35.4 Å². The summed E-state index contributed by atoms with van der Waals surface area (Å²) in [4.78, 5) is 36.7. The summed E-state index contributed by atoms with van der Waals surface area (Å²) in [5.74, 6) is -1.93. The van der Waals surface area contributed by atoms with E-state index < -0.39 is 45.2 Å². The summed E-state index contributed by atoms with van der Waals surface area (Å²) in [7, 11) is -2.11. The molecule has 1 fully saturated rings. The van der Waals surface area contributed by atoms with Crippen molar-refractivity contribution in [3.63, 3.8) is 0 Å². The lowest BCUT2D eigenvalue weighted by Crippen LogP contribution is -2.54. The van der Waals surface area contributed by atoms with E-state index in [1.54, 1.807) is 11.9 Å². The maximum Gasteiger partial charge on any atom is 0.416 e. The topological polar surface area (TPSA) is 90.9 Å². The van der Waals surface area contributed by atoms with Crippen molar-refractivity contribution in [3.8, 4) is 0 Å². The van der Waals surface area contributed by atoms with Gasteiger partial charge in [-0.2, -0.15) is 13.2 Å². The molecule has 42 heavy (non-hydrogen) atoms. The molecule has 5 rings (SSSR count). The molecular weight excluding hydrogens is 569 g/mol. The molecule has 0 spiro atoms. The number of hydrogen-bond donors (Lipinski definition) is 0. The number of halogens is 3. The van der Waals surface area contributed by atoms with Gasteiger partial charge in [0.05, 0.1) is 35.5 Å². The SMILES string of the molecule is CC(C)N(C)[C@H]1CN(C(=O)CS(C)(=O)=O)c2cc(C(F)(F)F)ccc2N(Cc2c(C3CC3)cnc3ccccc23)C1=O. The average Bonchev–Trinajstić information content (AvgIpc) is 3.75. The predicted octanol–water partition coefficient (Wildman–Crippen LogP) is 4.76. The van der Waals surface area contributed by atoms with E-state index in [9.17, 15) is 31.2 Å². The maximum absolute atomic E-state index is 14.4. The molecule has 0 radical (unpaired) electrons. The van der Waals surface area contributed by atoms with E-state index in [2.05, 4.69) is 4.98 Å². The van der Waals surface area contributed by atoms with Crippen molar-refractivity contribution in [2.24, 2.45) is 0 Å². The Morgan fingerprint density at radius 1 is 1.12 bits per heavy atom. The van der Waals surface area contributed by atoms with Crippen molar-refractivity contribution >= 4 is 43.9 Å². The Balaban J connectivity index is 1.73. The highest BCUT2D eigenvalue weighted by atomic mass is 32.2.